The van der Waals surface area contributed by atoms with E-state index in [0.29, 0.717) is 23.0 Å². The Morgan fingerprint density at radius 1 is 1.30 bits per heavy atom. The van der Waals surface area contributed by atoms with E-state index in [1.54, 1.807) is 25.1 Å². The molecule has 6 heteroatoms. The van der Waals surface area contributed by atoms with Gasteiger partial charge in [0.15, 0.2) is 0 Å². The molecule has 0 amide bonds. The van der Waals surface area contributed by atoms with E-state index in [4.69, 9.17) is 11.6 Å². The van der Waals surface area contributed by atoms with Crippen molar-refractivity contribution in [3.8, 4) is 0 Å². The molecule has 0 aliphatic heterocycles. The molecule has 2 rings (SSSR count). The van der Waals surface area contributed by atoms with Crippen LogP contribution >= 0.6 is 11.6 Å². The highest BCUT2D eigenvalue weighted by molar-refractivity contribution is 7.89. The summed E-state index contributed by atoms with van der Waals surface area (Å²) in [6, 6.07) is 4.88. The van der Waals surface area contributed by atoms with Gasteiger partial charge in [-0.2, -0.15) is 0 Å². The zero-order chi connectivity index (χ0) is 14.8. The van der Waals surface area contributed by atoms with Crippen LogP contribution in [0.25, 0.3) is 0 Å². The van der Waals surface area contributed by atoms with Crippen LogP contribution in [0.2, 0.25) is 5.02 Å². The molecule has 2 N–H and O–H groups in total. The van der Waals surface area contributed by atoms with Crippen LogP contribution in [0.5, 0.6) is 0 Å². The molecule has 0 spiro atoms. The normalized spacial score (nSPS) is 23.8. The first kappa shape index (κ1) is 15.8. The summed E-state index contributed by atoms with van der Waals surface area (Å²) >= 11 is 5.96. The third kappa shape index (κ3) is 3.73. The van der Waals surface area contributed by atoms with Crippen molar-refractivity contribution < 1.29 is 13.5 Å². The van der Waals surface area contributed by atoms with Crippen molar-refractivity contribution >= 4 is 21.6 Å². The number of hydrogen-bond donors (Lipinski definition) is 2. The van der Waals surface area contributed by atoms with Crippen molar-refractivity contribution in [1.29, 1.82) is 0 Å². The maximum absolute atomic E-state index is 12.3. The fourth-order valence-electron chi connectivity index (χ4n) is 2.53. The van der Waals surface area contributed by atoms with Gasteiger partial charge in [-0.25, -0.2) is 13.1 Å². The van der Waals surface area contributed by atoms with E-state index in [9.17, 15) is 13.5 Å². The summed E-state index contributed by atoms with van der Waals surface area (Å²) in [5.74, 6) is 0.299. The van der Waals surface area contributed by atoms with Crippen molar-refractivity contribution in [1.82, 2.24) is 4.72 Å². The first-order chi connectivity index (χ1) is 9.40. The summed E-state index contributed by atoms with van der Waals surface area (Å²) < 4.78 is 27.2. The summed E-state index contributed by atoms with van der Waals surface area (Å²) in [5.41, 5.74) is 0.570. The van der Waals surface area contributed by atoms with E-state index in [-0.39, 0.29) is 11.0 Å². The first-order valence-corrected chi connectivity index (χ1v) is 8.69. The van der Waals surface area contributed by atoms with Gasteiger partial charge in [0.2, 0.25) is 10.0 Å². The monoisotopic (exact) mass is 317 g/mol. The summed E-state index contributed by atoms with van der Waals surface area (Å²) in [7, 11) is -3.52. The van der Waals surface area contributed by atoms with Gasteiger partial charge in [0.1, 0.15) is 0 Å². The predicted molar refractivity (Wildman–Crippen MR) is 79.3 cm³/mol. The predicted octanol–water partition coefficient (Wildman–Crippen LogP) is 2.48. The minimum absolute atomic E-state index is 0.224. The van der Waals surface area contributed by atoms with Gasteiger partial charge in [0.25, 0.3) is 0 Å². The van der Waals surface area contributed by atoms with Crippen molar-refractivity contribution in [2.75, 3.05) is 6.54 Å². The Balaban J connectivity index is 2.03. The van der Waals surface area contributed by atoms with Crippen molar-refractivity contribution in [2.45, 2.75) is 43.6 Å². The van der Waals surface area contributed by atoms with Crippen LogP contribution < -0.4 is 4.72 Å². The van der Waals surface area contributed by atoms with Crippen LogP contribution in [0.1, 0.15) is 31.2 Å². The molecule has 112 valence electrons. The molecule has 1 aromatic carbocycles. The Kier molecular flexibility index (Phi) is 5.07. The minimum atomic E-state index is -3.52. The van der Waals surface area contributed by atoms with Crippen LogP contribution in [0.4, 0.5) is 0 Å². The fraction of sp³-hybridized carbons (Fsp3) is 0.571. The molecule has 0 heterocycles. The van der Waals surface area contributed by atoms with E-state index in [1.807, 2.05) is 0 Å². The standard InChI is InChI=1S/C14H20ClNO3S/c1-10-13(15)3-2-4-14(10)20(18,19)16-9-11-5-7-12(17)8-6-11/h2-4,11-12,16-17H,5-9H2,1H3. The summed E-state index contributed by atoms with van der Waals surface area (Å²) in [4.78, 5) is 0.237. The number of halogens is 1. The summed E-state index contributed by atoms with van der Waals surface area (Å²) in [5, 5.41) is 9.90. The van der Waals surface area contributed by atoms with Crippen LogP contribution in [0, 0.1) is 12.8 Å². The average molecular weight is 318 g/mol. The van der Waals surface area contributed by atoms with Gasteiger partial charge < -0.3 is 5.11 Å². The molecule has 1 saturated carbocycles. The minimum Gasteiger partial charge on any atom is -0.393 e. The molecule has 0 atom stereocenters. The lowest BCUT2D eigenvalue weighted by molar-refractivity contribution is 0.109. The van der Waals surface area contributed by atoms with E-state index in [2.05, 4.69) is 4.72 Å². The lowest BCUT2D eigenvalue weighted by Crippen LogP contribution is -2.32. The quantitative estimate of drug-likeness (QED) is 0.896. The maximum atomic E-state index is 12.3. The van der Waals surface area contributed by atoms with Crippen molar-refractivity contribution in [3.63, 3.8) is 0 Å². The highest BCUT2D eigenvalue weighted by Crippen LogP contribution is 2.25. The van der Waals surface area contributed by atoms with E-state index < -0.39 is 10.0 Å². The molecule has 0 radical (unpaired) electrons. The average Bonchev–Trinajstić information content (AvgIpc) is 2.41. The van der Waals surface area contributed by atoms with Crippen LogP contribution in [-0.2, 0) is 10.0 Å². The zero-order valence-corrected chi connectivity index (χ0v) is 13.0. The number of aliphatic hydroxyl groups is 1. The third-order valence-electron chi connectivity index (χ3n) is 3.89. The molecule has 0 saturated heterocycles. The molecule has 4 nitrogen and oxygen atoms in total. The van der Waals surface area contributed by atoms with Gasteiger partial charge in [-0.3, -0.25) is 0 Å². The Morgan fingerprint density at radius 2 is 1.95 bits per heavy atom. The zero-order valence-electron chi connectivity index (χ0n) is 11.5. The molecule has 1 aliphatic rings. The van der Waals surface area contributed by atoms with Gasteiger partial charge in [-0.1, -0.05) is 17.7 Å². The SMILES string of the molecule is Cc1c(Cl)cccc1S(=O)(=O)NCC1CCC(O)CC1. The lowest BCUT2D eigenvalue weighted by Gasteiger charge is -2.25. The van der Waals surface area contributed by atoms with Crippen LogP contribution in [0.15, 0.2) is 23.1 Å². The lowest BCUT2D eigenvalue weighted by atomic mass is 9.88. The highest BCUT2D eigenvalue weighted by atomic mass is 35.5. The van der Waals surface area contributed by atoms with Crippen molar-refractivity contribution in [3.05, 3.63) is 28.8 Å². The Labute approximate surface area is 125 Å². The highest BCUT2D eigenvalue weighted by Gasteiger charge is 2.23. The number of nitrogens with one attached hydrogen (secondary N) is 1. The molecular formula is C14H20ClNO3S. The van der Waals surface area contributed by atoms with E-state index in [1.165, 1.54) is 0 Å². The third-order valence-corrected chi connectivity index (χ3v) is 5.86. The van der Waals surface area contributed by atoms with Crippen LogP contribution in [0.3, 0.4) is 0 Å². The molecule has 0 aromatic heterocycles. The number of aliphatic hydroxyl groups excluding tert-OH is 1. The molecule has 1 aromatic rings. The van der Waals surface area contributed by atoms with Crippen LogP contribution in [-0.4, -0.2) is 26.2 Å². The van der Waals surface area contributed by atoms with Gasteiger partial charge in [-0.15, -0.1) is 0 Å². The molecule has 0 bridgehead atoms. The van der Waals surface area contributed by atoms with Gasteiger partial charge in [0.05, 0.1) is 11.0 Å². The molecule has 0 unspecified atom stereocenters. The number of sulfonamides is 1. The Bertz CT molecular complexity index is 566. The molecule has 1 fully saturated rings. The van der Waals surface area contributed by atoms with Crippen molar-refractivity contribution in [2.24, 2.45) is 5.92 Å². The van der Waals surface area contributed by atoms with E-state index >= 15 is 0 Å². The smallest absolute Gasteiger partial charge is 0.240 e. The second-order valence-electron chi connectivity index (χ2n) is 5.39. The summed E-state index contributed by atoms with van der Waals surface area (Å²) in [6.45, 7) is 2.12. The molecule has 1 aliphatic carbocycles. The molecular weight excluding hydrogens is 298 g/mol. The number of hydrogen-bond acceptors (Lipinski definition) is 3. The van der Waals surface area contributed by atoms with Gasteiger partial charge in [0, 0.05) is 11.6 Å². The second kappa shape index (κ2) is 6.43. The fourth-order valence-corrected chi connectivity index (χ4v) is 4.15. The summed E-state index contributed by atoms with van der Waals surface area (Å²) in [6.07, 6.45) is 3.00. The molecule has 20 heavy (non-hydrogen) atoms. The Morgan fingerprint density at radius 3 is 2.60 bits per heavy atom. The van der Waals surface area contributed by atoms with E-state index in [0.717, 1.165) is 25.7 Å². The number of benzene rings is 1. The van der Waals surface area contributed by atoms with Gasteiger partial charge in [-0.05, 0) is 56.2 Å². The van der Waals surface area contributed by atoms with Gasteiger partial charge >= 0.3 is 0 Å². The second-order valence-corrected chi connectivity index (χ2v) is 7.53. The topological polar surface area (TPSA) is 66.4 Å². The largest absolute Gasteiger partial charge is 0.393 e. The maximum Gasteiger partial charge on any atom is 0.240 e. The first-order valence-electron chi connectivity index (χ1n) is 6.83. The number of rotatable bonds is 4. The Hall–Kier alpha value is -0.620.